The standard InChI is InChI=1S/C13H16ClNO4/c1-3-8(2)15(7-12(17)18)13(19)10-6-9(14)4-5-11(10)16/h4-6,8,16H,3,7H2,1-2H3,(H,17,18). The number of hydrogen-bond donors (Lipinski definition) is 2. The monoisotopic (exact) mass is 285 g/mol. The zero-order chi connectivity index (χ0) is 14.6. The lowest BCUT2D eigenvalue weighted by molar-refractivity contribution is -0.138. The average Bonchev–Trinajstić information content (AvgIpc) is 2.37. The Morgan fingerprint density at radius 3 is 2.58 bits per heavy atom. The van der Waals surface area contributed by atoms with Gasteiger partial charge >= 0.3 is 5.97 Å². The molecule has 0 radical (unpaired) electrons. The van der Waals surface area contributed by atoms with Crippen LogP contribution in [0.25, 0.3) is 0 Å². The highest BCUT2D eigenvalue weighted by atomic mass is 35.5. The lowest BCUT2D eigenvalue weighted by Crippen LogP contribution is -2.41. The van der Waals surface area contributed by atoms with E-state index in [0.29, 0.717) is 11.4 Å². The van der Waals surface area contributed by atoms with Crippen molar-refractivity contribution in [3.63, 3.8) is 0 Å². The number of carbonyl (C=O) groups is 2. The van der Waals surface area contributed by atoms with Gasteiger partial charge in [-0.15, -0.1) is 0 Å². The van der Waals surface area contributed by atoms with E-state index in [9.17, 15) is 14.7 Å². The molecule has 0 aliphatic rings. The number of benzene rings is 1. The first-order chi connectivity index (χ1) is 8.86. The summed E-state index contributed by atoms with van der Waals surface area (Å²) in [7, 11) is 0. The first-order valence-corrected chi connectivity index (χ1v) is 6.25. The topological polar surface area (TPSA) is 77.8 Å². The summed E-state index contributed by atoms with van der Waals surface area (Å²) in [6, 6.07) is 3.85. The Hall–Kier alpha value is -1.75. The largest absolute Gasteiger partial charge is 0.507 e. The van der Waals surface area contributed by atoms with Crippen LogP contribution in [0, 0.1) is 0 Å². The van der Waals surface area contributed by atoms with Crippen molar-refractivity contribution in [1.29, 1.82) is 0 Å². The van der Waals surface area contributed by atoms with E-state index in [-0.39, 0.29) is 17.4 Å². The Bertz CT molecular complexity index is 490. The molecule has 2 N–H and O–H groups in total. The third-order valence-corrected chi connectivity index (χ3v) is 3.11. The van der Waals surface area contributed by atoms with E-state index in [1.807, 2.05) is 6.92 Å². The van der Waals surface area contributed by atoms with Gasteiger partial charge in [0, 0.05) is 11.1 Å². The maximum absolute atomic E-state index is 12.3. The summed E-state index contributed by atoms with van der Waals surface area (Å²) in [4.78, 5) is 24.3. The number of hydrogen-bond acceptors (Lipinski definition) is 3. The van der Waals surface area contributed by atoms with E-state index >= 15 is 0 Å². The van der Waals surface area contributed by atoms with E-state index in [1.165, 1.54) is 23.1 Å². The Kier molecular flexibility index (Phi) is 5.18. The Morgan fingerprint density at radius 1 is 1.42 bits per heavy atom. The number of phenolic OH excluding ortho intramolecular Hbond substituents is 1. The van der Waals surface area contributed by atoms with Crippen molar-refractivity contribution >= 4 is 23.5 Å². The summed E-state index contributed by atoms with van der Waals surface area (Å²) >= 11 is 5.79. The quantitative estimate of drug-likeness (QED) is 0.870. The van der Waals surface area contributed by atoms with Gasteiger partial charge in [0.25, 0.3) is 5.91 Å². The number of carboxylic acids is 1. The van der Waals surface area contributed by atoms with Crippen LogP contribution < -0.4 is 0 Å². The third kappa shape index (κ3) is 3.86. The second kappa shape index (κ2) is 6.43. The van der Waals surface area contributed by atoms with Crippen molar-refractivity contribution in [2.75, 3.05) is 6.54 Å². The maximum atomic E-state index is 12.3. The zero-order valence-corrected chi connectivity index (χ0v) is 11.5. The normalized spacial score (nSPS) is 11.9. The van der Waals surface area contributed by atoms with Crippen LogP contribution in [0.1, 0.15) is 30.6 Å². The van der Waals surface area contributed by atoms with Gasteiger partial charge in [0.15, 0.2) is 0 Å². The van der Waals surface area contributed by atoms with Crippen LogP contribution in [0.5, 0.6) is 5.75 Å². The van der Waals surface area contributed by atoms with Crippen LogP contribution in [0.15, 0.2) is 18.2 Å². The van der Waals surface area contributed by atoms with Gasteiger partial charge in [-0.25, -0.2) is 0 Å². The highest BCUT2D eigenvalue weighted by Gasteiger charge is 2.25. The molecule has 0 aliphatic carbocycles. The number of halogens is 1. The van der Waals surface area contributed by atoms with Crippen LogP contribution in [-0.4, -0.2) is 39.6 Å². The number of carbonyl (C=O) groups excluding carboxylic acids is 1. The molecule has 0 aliphatic heterocycles. The molecule has 0 fully saturated rings. The van der Waals surface area contributed by atoms with Crippen LogP contribution in [0.2, 0.25) is 5.02 Å². The van der Waals surface area contributed by atoms with Gasteiger partial charge in [-0.05, 0) is 31.5 Å². The number of phenols is 1. The van der Waals surface area contributed by atoms with E-state index < -0.39 is 18.4 Å². The molecule has 1 amide bonds. The molecule has 0 saturated carbocycles. The minimum Gasteiger partial charge on any atom is -0.507 e. The van der Waals surface area contributed by atoms with Crippen LogP contribution >= 0.6 is 11.6 Å². The highest BCUT2D eigenvalue weighted by Crippen LogP contribution is 2.24. The second-order valence-electron chi connectivity index (χ2n) is 4.25. The average molecular weight is 286 g/mol. The van der Waals surface area contributed by atoms with Gasteiger partial charge in [-0.2, -0.15) is 0 Å². The number of aromatic hydroxyl groups is 1. The van der Waals surface area contributed by atoms with Gasteiger partial charge in [0.05, 0.1) is 5.56 Å². The van der Waals surface area contributed by atoms with Crippen molar-refractivity contribution in [2.45, 2.75) is 26.3 Å². The van der Waals surface area contributed by atoms with Gasteiger partial charge in [0.1, 0.15) is 12.3 Å². The van der Waals surface area contributed by atoms with Crippen LogP contribution in [-0.2, 0) is 4.79 Å². The molecule has 6 heteroatoms. The molecule has 1 rings (SSSR count). The fourth-order valence-electron chi connectivity index (χ4n) is 1.63. The molecule has 0 aromatic heterocycles. The van der Waals surface area contributed by atoms with Crippen molar-refractivity contribution < 1.29 is 19.8 Å². The van der Waals surface area contributed by atoms with Gasteiger partial charge in [-0.3, -0.25) is 9.59 Å². The molecular weight excluding hydrogens is 270 g/mol. The number of carboxylic acid groups (broad SMARTS) is 1. The van der Waals surface area contributed by atoms with Gasteiger partial charge < -0.3 is 15.1 Å². The number of rotatable bonds is 5. The van der Waals surface area contributed by atoms with E-state index in [0.717, 1.165) is 0 Å². The summed E-state index contributed by atoms with van der Waals surface area (Å²) in [5.41, 5.74) is 0.00838. The summed E-state index contributed by atoms with van der Waals surface area (Å²) in [6.45, 7) is 3.19. The fraction of sp³-hybridized carbons (Fsp3) is 0.385. The summed E-state index contributed by atoms with van der Waals surface area (Å²) in [6.07, 6.45) is 0.611. The molecule has 104 valence electrons. The minimum absolute atomic E-state index is 0.00838. The van der Waals surface area contributed by atoms with Crippen molar-refractivity contribution in [3.05, 3.63) is 28.8 Å². The Morgan fingerprint density at radius 2 is 2.05 bits per heavy atom. The Labute approximate surface area is 116 Å². The van der Waals surface area contributed by atoms with Crippen LogP contribution in [0.3, 0.4) is 0 Å². The summed E-state index contributed by atoms with van der Waals surface area (Å²) < 4.78 is 0. The molecule has 1 unspecified atom stereocenters. The van der Waals surface area contributed by atoms with Gasteiger partial charge in [-0.1, -0.05) is 18.5 Å². The maximum Gasteiger partial charge on any atom is 0.323 e. The lowest BCUT2D eigenvalue weighted by atomic mass is 10.1. The molecule has 1 atom stereocenters. The first-order valence-electron chi connectivity index (χ1n) is 5.88. The van der Waals surface area contributed by atoms with Crippen LogP contribution in [0.4, 0.5) is 0 Å². The fourth-order valence-corrected chi connectivity index (χ4v) is 1.80. The smallest absolute Gasteiger partial charge is 0.323 e. The SMILES string of the molecule is CCC(C)N(CC(=O)O)C(=O)c1cc(Cl)ccc1O. The second-order valence-corrected chi connectivity index (χ2v) is 4.68. The van der Waals surface area contributed by atoms with E-state index in [4.69, 9.17) is 16.7 Å². The number of aliphatic carboxylic acids is 1. The predicted octanol–water partition coefficient (Wildman–Crippen LogP) is 2.37. The van der Waals surface area contributed by atoms with Crippen molar-refractivity contribution in [3.8, 4) is 5.75 Å². The van der Waals surface area contributed by atoms with Crippen molar-refractivity contribution in [1.82, 2.24) is 4.90 Å². The third-order valence-electron chi connectivity index (χ3n) is 2.88. The molecule has 0 bridgehead atoms. The summed E-state index contributed by atoms with van der Waals surface area (Å²) in [5.74, 6) is -1.86. The molecule has 1 aromatic rings. The minimum atomic E-state index is -1.10. The zero-order valence-electron chi connectivity index (χ0n) is 10.8. The van der Waals surface area contributed by atoms with E-state index in [1.54, 1.807) is 6.92 Å². The number of amides is 1. The van der Waals surface area contributed by atoms with E-state index in [2.05, 4.69) is 0 Å². The molecule has 0 spiro atoms. The molecular formula is C13H16ClNO4. The molecule has 0 heterocycles. The van der Waals surface area contributed by atoms with Gasteiger partial charge in [0.2, 0.25) is 0 Å². The molecule has 5 nitrogen and oxygen atoms in total. The van der Waals surface area contributed by atoms with Crippen molar-refractivity contribution in [2.24, 2.45) is 0 Å². The molecule has 1 aromatic carbocycles. The molecule has 19 heavy (non-hydrogen) atoms. The summed E-state index contributed by atoms with van der Waals surface area (Å²) in [5, 5.41) is 18.9. The predicted molar refractivity (Wildman–Crippen MR) is 71.5 cm³/mol. The lowest BCUT2D eigenvalue weighted by Gasteiger charge is -2.27. The first kappa shape index (κ1) is 15.3. The highest BCUT2D eigenvalue weighted by molar-refractivity contribution is 6.31. The Balaban J connectivity index is 3.11. The molecule has 0 saturated heterocycles. The number of nitrogens with zero attached hydrogens (tertiary/aromatic N) is 1.